The number of hydrogen-bond donors (Lipinski definition) is 0. The lowest BCUT2D eigenvalue weighted by Gasteiger charge is -2.46. The van der Waals surface area contributed by atoms with Gasteiger partial charge in [-0.3, -0.25) is 0 Å². The Morgan fingerprint density at radius 2 is 1.26 bits per heavy atom. The zero-order valence-corrected chi connectivity index (χ0v) is 50.8. The number of halogens is 1. The summed E-state index contributed by atoms with van der Waals surface area (Å²) in [5.41, 5.74) is 4.92. The van der Waals surface area contributed by atoms with E-state index in [0.717, 1.165) is 48.1 Å². The Labute approximate surface area is 438 Å². The Balaban J connectivity index is 3.64. The third kappa shape index (κ3) is 22.0. The lowest BCUT2D eigenvalue weighted by Crippen LogP contribution is -2.52. The molecule has 11 heteroatoms. The molecule has 0 aliphatic heterocycles. The second-order valence-electron chi connectivity index (χ2n) is 21.9. The number of unbranched alkanes of at least 4 members (excludes halogenated alkanes) is 1. The van der Waals surface area contributed by atoms with E-state index >= 15 is 0 Å². The Hall–Kier alpha value is -2.56. The van der Waals surface area contributed by atoms with Crippen LogP contribution in [0.25, 0.3) is 0 Å². The Morgan fingerprint density at radius 1 is 0.710 bits per heavy atom. The number of hydrogen-bond acceptors (Lipinski definition) is 8. The van der Waals surface area contributed by atoms with Crippen molar-refractivity contribution in [3.05, 3.63) is 100 Å². The summed E-state index contributed by atoms with van der Waals surface area (Å²) in [5, 5.41) is 0. The zero-order valence-electron chi connectivity index (χ0n) is 46.7. The van der Waals surface area contributed by atoms with E-state index in [-0.39, 0.29) is 36.3 Å². The Kier molecular flexibility index (Phi) is 29.7. The van der Waals surface area contributed by atoms with Gasteiger partial charge in [0.15, 0.2) is 0 Å². The minimum atomic E-state index is -2.37. The molecular weight excluding hydrogens is 1010 g/mol. The molecule has 0 aliphatic rings. The summed E-state index contributed by atoms with van der Waals surface area (Å²) in [6, 6.07) is 8.09. The molecule has 0 saturated carbocycles. The maximum atomic E-state index is 13.4. The van der Waals surface area contributed by atoms with Gasteiger partial charge < -0.3 is 27.8 Å². The fourth-order valence-corrected chi connectivity index (χ4v) is 21.5. The molecule has 0 fully saturated rings. The summed E-state index contributed by atoms with van der Waals surface area (Å²) in [4.78, 5) is 25.7. The van der Waals surface area contributed by atoms with E-state index in [9.17, 15) is 9.59 Å². The molecule has 0 spiro atoms. The highest BCUT2D eigenvalue weighted by atomic mass is 127. The first-order valence-electron chi connectivity index (χ1n) is 25.8. The minimum Gasteiger partial charge on any atom is -0.497 e. The van der Waals surface area contributed by atoms with Crippen LogP contribution in [0.1, 0.15) is 169 Å². The lowest BCUT2D eigenvalue weighted by molar-refractivity contribution is -0.148. The summed E-state index contributed by atoms with van der Waals surface area (Å²) >= 11 is 2.23. The maximum Gasteiger partial charge on any atom is 0.331 e. The molecule has 0 bridgehead atoms. The lowest BCUT2D eigenvalue weighted by atomic mass is 9.96. The second kappa shape index (κ2) is 31.8. The van der Waals surface area contributed by atoms with Crippen molar-refractivity contribution in [2.24, 2.45) is 5.92 Å². The minimum absolute atomic E-state index is 0.0969. The molecule has 0 saturated heterocycles. The molecule has 8 nitrogen and oxygen atoms in total. The molecule has 0 amide bonds. The van der Waals surface area contributed by atoms with E-state index in [2.05, 4.69) is 137 Å². The third-order valence-electron chi connectivity index (χ3n) is 13.4. The highest BCUT2D eigenvalue weighted by molar-refractivity contribution is 14.1. The molecule has 0 aromatic heterocycles. The Bertz CT molecular complexity index is 1770. The van der Waals surface area contributed by atoms with Crippen LogP contribution in [0.2, 0.25) is 33.2 Å². The van der Waals surface area contributed by atoms with Crippen LogP contribution in [-0.2, 0) is 39.3 Å². The van der Waals surface area contributed by atoms with Crippen LogP contribution in [0.3, 0.4) is 0 Å². The number of esters is 2. The van der Waals surface area contributed by atoms with Crippen LogP contribution >= 0.6 is 22.6 Å². The monoisotopic (exact) mass is 1100 g/mol. The van der Waals surface area contributed by atoms with Crippen LogP contribution in [0.5, 0.6) is 5.75 Å². The Morgan fingerprint density at radius 3 is 1.75 bits per heavy atom. The molecule has 0 N–H and O–H groups in total. The first kappa shape index (κ1) is 64.5. The molecule has 0 unspecified atom stereocenters. The summed E-state index contributed by atoms with van der Waals surface area (Å²) in [6.45, 7) is 44.1. The second-order valence-corrected chi connectivity index (χ2v) is 33.4. The standard InChI is InChI=1S/C58H97IO8Si2/c1-21-22-27-53(63-40-50-30-32-51(62-20)33-31-50)54(67-69(44(8)9,45(10)11)46(12)13)35-34-52(66-68(41(2)3,42(4)5)43(6)7)26-24-23-25-28-56(60)64-55(38-48(15)39-59)49(16)37-47(14)29-36-57(61)65-58(17,18)19/h21,25,28-37,39,41-46,49,52-55H,1,22-24,26-27,38,40H2,2-20H3/b28-25+,35-34+,36-29+,47-37+,48-39+/t49-,52+,53+,54+,55-/m1/s1. The molecule has 0 radical (unpaired) electrons. The number of rotatable bonds is 32. The highest BCUT2D eigenvalue weighted by Gasteiger charge is 2.48. The number of carbonyl (C=O) groups excluding carboxylic acids is 2. The summed E-state index contributed by atoms with van der Waals surface area (Å²) in [6.07, 6.45) is 18.7. The topological polar surface area (TPSA) is 89.5 Å². The molecule has 5 atom stereocenters. The van der Waals surface area contributed by atoms with Crippen LogP contribution in [0.15, 0.2) is 94.7 Å². The summed E-state index contributed by atoms with van der Waals surface area (Å²) < 4.78 is 41.1. The van der Waals surface area contributed by atoms with Crippen LogP contribution in [-0.4, -0.2) is 65.7 Å². The number of allylic oxidation sites excluding steroid dienone is 4. The van der Waals surface area contributed by atoms with Crippen molar-refractivity contribution in [1.29, 1.82) is 0 Å². The highest BCUT2D eigenvalue weighted by Crippen LogP contribution is 2.45. The van der Waals surface area contributed by atoms with E-state index < -0.39 is 28.2 Å². The largest absolute Gasteiger partial charge is 0.497 e. The number of ether oxygens (including phenoxy) is 4. The van der Waals surface area contributed by atoms with Crippen molar-refractivity contribution in [3.8, 4) is 5.75 Å². The van der Waals surface area contributed by atoms with Crippen LogP contribution in [0, 0.1) is 5.92 Å². The number of carbonyl (C=O) groups is 2. The van der Waals surface area contributed by atoms with Crippen molar-refractivity contribution in [2.75, 3.05) is 7.11 Å². The smallest absolute Gasteiger partial charge is 0.331 e. The van der Waals surface area contributed by atoms with Gasteiger partial charge >= 0.3 is 11.9 Å². The molecule has 1 aromatic rings. The van der Waals surface area contributed by atoms with E-state index in [1.54, 1.807) is 19.3 Å². The molecule has 392 valence electrons. The SMILES string of the molecule is C=CCC[C@H](OCc1ccc(OC)cc1)[C@H](/C=C/[C@H](CCC/C=C/C(=O)O[C@H](C/C(C)=C/I)[C@H](C)/C=C(C)/C=C/C(=O)OC(C)(C)C)O[Si](C(C)C)(C(C)C)C(C)C)O[Si](C(C)C)(C(C)C)C(C)C. The summed E-state index contributed by atoms with van der Waals surface area (Å²) in [7, 11) is -3.00. The average molecular weight is 1110 g/mol. The van der Waals surface area contributed by atoms with E-state index in [1.165, 1.54) is 6.08 Å². The van der Waals surface area contributed by atoms with Crippen molar-refractivity contribution >= 4 is 51.2 Å². The van der Waals surface area contributed by atoms with Crippen molar-refractivity contribution in [1.82, 2.24) is 0 Å². The van der Waals surface area contributed by atoms with Gasteiger partial charge in [-0.15, -0.1) is 6.58 Å². The first-order valence-corrected chi connectivity index (χ1v) is 31.3. The van der Waals surface area contributed by atoms with E-state index in [4.69, 9.17) is 27.8 Å². The average Bonchev–Trinajstić information content (AvgIpc) is 3.25. The number of benzene rings is 1. The van der Waals surface area contributed by atoms with Gasteiger partial charge in [-0.1, -0.05) is 172 Å². The predicted molar refractivity (Wildman–Crippen MR) is 305 cm³/mol. The van der Waals surface area contributed by atoms with Gasteiger partial charge in [0, 0.05) is 24.5 Å². The van der Waals surface area contributed by atoms with Crippen molar-refractivity contribution in [3.63, 3.8) is 0 Å². The molecule has 0 heterocycles. The van der Waals surface area contributed by atoms with E-state index in [0.29, 0.717) is 52.7 Å². The van der Waals surface area contributed by atoms with Gasteiger partial charge in [0.1, 0.15) is 17.5 Å². The van der Waals surface area contributed by atoms with Gasteiger partial charge in [0.2, 0.25) is 16.6 Å². The zero-order chi connectivity index (χ0) is 52.7. The van der Waals surface area contributed by atoms with Crippen LogP contribution < -0.4 is 4.74 Å². The third-order valence-corrected chi connectivity index (χ3v) is 26.6. The molecule has 1 aromatic carbocycles. The molecule has 1 rings (SSSR count). The molecular formula is C58H97IO8Si2. The normalized spacial score (nSPS) is 15.9. The van der Waals surface area contributed by atoms with Crippen molar-refractivity contribution < 1.29 is 37.4 Å². The van der Waals surface area contributed by atoms with Crippen LogP contribution in [0.4, 0.5) is 0 Å². The van der Waals surface area contributed by atoms with Gasteiger partial charge in [0.25, 0.3) is 0 Å². The van der Waals surface area contributed by atoms with Gasteiger partial charge in [-0.05, 0) is 122 Å². The summed E-state index contributed by atoms with van der Waals surface area (Å²) in [5.74, 6) is -0.0382. The fourth-order valence-electron chi connectivity index (χ4n) is 10.1. The maximum absolute atomic E-state index is 13.4. The van der Waals surface area contributed by atoms with Gasteiger partial charge in [-0.2, -0.15) is 0 Å². The number of methoxy groups -OCH3 is 1. The first-order chi connectivity index (χ1) is 32.2. The van der Waals surface area contributed by atoms with E-state index in [1.807, 2.05) is 76.0 Å². The fraction of sp³-hybridized carbons (Fsp3) is 0.655. The molecule has 69 heavy (non-hydrogen) atoms. The quantitative estimate of drug-likeness (QED) is 0.0134. The van der Waals surface area contributed by atoms with Gasteiger partial charge in [0.05, 0.1) is 32.0 Å². The predicted octanol–water partition coefficient (Wildman–Crippen LogP) is 17.1. The van der Waals surface area contributed by atoms with Crippen molar-refractivity contribution in [2.45, 2.75) is 233 Å². The van der Waals surface area contributed by atoms with Gasteiger partial charge in [-0.25, -0.2) is 9.59 Å². The molecule has 0 aliphatic carbocycles.